The normalized spacial score (nSPS) is 12.7. The standard InChI is InChI=1S/C12H14ClN3/c1-8-12(13)7-16(15-8)9(2)10-4-3-5-11(14)6-10/h3-7,9H,14H2,1-2H3. The van der Waals surface area contributed by atoms with Gasteiger partial charge in [0, 0.05) is 11.9 Å². The van der Waals surface area contributed by atoms with E-state index in [0.717, 1.165) is 16.9 Å². The molecule has 1 aromatic heterocycles. The minimum atomic E-state index is 0.134. The Bertz CT molecular complexity index is 485. The van der Waals surface area contributed by atoms with Gasteiger partial charge in [-0.05, 0) is 31.5 Å². The zero-order chi connectivity index (χ0) is 11.7. The molecule has 84 valence electrons. The fraction of sp³-hybridized carbons (Fsp3) is 0.250. The molecule has 2 N–H and O–H groups in total. The molecule has 1 unspecified atom stereocenters. The average molecular weight is 236 g/mol. The van der Waals surface area contributed by atoms with Gasteiger partial charge in [0.05, 0.1) is 16.8 Å². The van der Waals surface area contributed by atoms with E-state index in [2.05, 4.69) is 12.0 Å². The largest absolute Gasteiger partial charge is 0.399 e. The summed E-state index contributed by atoms with van der Waals surface area (Å²) in [6, 6.07) is 7.94. The average Bonchev–Trinajstić information content (AvgIpc) is 2.58. The van der Waals surface area contributed by atoms with E-state index in [4.69, 9.17) is 17.3 Å². The second-order valence-electron chi connectivity index (χ2n) is 3.89. The molecule has 16 heavy (non-hydrogen) atoms. The van der Waals surface area contributed by atoms with Gasteiger partial charge in [0.25, 0.3) is 0 Å². The highest BCUT2D eigenvalue weighted by Gasteiger charge is 2.11. The van der Waals surface area contributed by atoms with E-state index in [0.29, 0.717) is 5.02 Å². The first kappa shape index (κ1) is 11.0. The van der Waals surface area contributed by atoms with Crippen LogP contribution in [0.3, 0.4) is 0 Å². The lowest BCUT2D eigenvalue weighted by atomic mass is 10.1. The molecule has 0 bridgehead atoms. The number of nitrogens with two attached hydrogens (primary N) is 1. The third kappa shape index (κ3) is 2.04. The summed E-state index contributed by atoms with van der Waals surface area (Å²) in [6.45, 7) is 3.96. The maximum Gasteiger partial charge on any atom is 0.0815 e. The Hall–Kier alpha value is -1.48. The van der Waals surface area contributed by atoms with Gasteiger partial charge in [-0.2, -0.15) is 5.10 Å². The molecule has 0 aliphatic heterocycles. The minimum absolute atomic E-state index is 0.134. The number of nitrogen functional groups attached to an aromatic ring is 1. The number of nitrogens with zero attached hydrogens (tertiary/aromatic N) is 2. The number of halogens is 1. The van der Waals surface area contributed by atoms with E-state index in [9.17, 15) is 0 Å². The Balaban J connectivity index is 2.35. The molecular formula is C12H14ClN3. The van der Waals surface area contributed by atoms with E-state index in [1.807, 2.05) is 42.1 Å². The highest BCUT2D eigenvalue weighted by atomic mass is 35.5. The Labute approximate surface area is 99.8 Å². The van der Waals surface area contributed by atoms with Gasteiger partial charge in [-0.25, -0.2) is 0 Å². The number of rotatable bonds is 2. The molecule has 1 heterocycles. The van der Waals surface area contributed by atoms with Gasteiger partial charge in [-0.1, -0.05) is 23.7 Å². The number of benzene rings is 1. The second-order valence-corrected chi connectivity index (χ2v) is 4.30. The van der Waals surface area contributed by atoms with Crippen LogP contribution in [0.4, 0.5) is 5.69 Å². The summed E-state index contributed by atoms with van der Waals surface area (Å²) < 4.78 is 1.85. The van der Waals surface area contributed by atoms with Crippen LogP contribution in [0.2, 0.25) is 5.02 Å². The Kier molecular flexibility index (Phi) is 2.88. The van der Waals surface area contributed by atoms with Crippen molar-refractivity contribution in [1.29, 1.82) is 0 Å². The van der Waals surface area contributed by atoms with Crippen LogP contribution < -0.4 is 5.73 Å². The van der Waals surface area contributed by atoms with Crippen LogP contribution in [-0.2, 0) is 0 Å². The van der Waals surface area contributed by atoms with Crippen LogP contribution in [0.25, 0.3) is 0 Å². The van der Waals surface area contributed by atoms with Crippen LogP contribution in [0, 0.1) is 6.92 Å². The SMILES string of the molecule is Cc1nn(C(C)c2cccc(N)c2)cc1Cl. The maximum absolute atomic E-state index is 5.98. The van der Waals surface area contributed by atoms with Crippen LogP contribution in [0.1, 0.15) is 24.2 Å². The Morgan fingerprint density at radius 3 is 2.75 bits per heavy atom. The molecule has 1 atom stereocenters. The van der Waals surface area contributed by atoms with Crippen LogP contribution in [0.5, 0.6) is 0 Å². The van der Waals surface area contributed by atoms with Crippen molar-refractivity contribution in [2.45, 2.75) is 19.9 Å². The lowest BCUT2D eigenvalue weighted by Gasteiger charge is -2.12. The van der Waals surface area contributed by atoms with Crippen molar-refractivity contribution in [3.63, 3.8) is 0 Å². The molecule has 1 aromatic carbocycles. The summed E-state index contributed by atoms with van der Waals surface area (Å²) in [7, 11) is 0. The molecule has 3 nitrogen and oxygen atoms in total. The maximum atomic E-state index is 5.98. The van der Waals surface area contributed by atoms with Gasteiger partial charge >= 0.3 is 0 Å². The predicted octanol–water partition coefficient (Wildman–Crippen LogP) is 3.04. The summed E-state index contributed by atoms with van der Waals surface area (Å²) in [4.78, 5) is 0. The van der Waals surface area contributed by atoms with Gasteiger partial charge in [0.1, 0.15) is 0 Å². The van der Waals surface area contributed by atoms with Gasteiger partial charge in [0.2, 0.25) is 0 Å². The first-order valence-electron chi connectivity index (χ1n) is 5.14. The molecule has 0 saturated carbocycles. The lowest BCUT2D eigenvalue weighted by Crippen LogP contribution is -2.07. The topological polar surface area (TPSA) is 43.8 Å². The van der Waals surface area contributed by atoms with Gasteiger partial charge in [0.15, 0.2) is 0 Å². The number of aryl methyl sites for hydroxylation is 1. The smallest absolute Gasteiger partial charge is 0.0815 e. The van der Waals surface area contributed by atoms with Crippen molar-refractivity contribution in [3.8, 4) is 0 Å². The first-order chi connectivity index (χ1) is 7.58. The number of hydrogen-bond donors (Lipinski definition) is 1. The van der Waals surface area contributed by atoms with E-state index < -0.39 is 0 Å². The summed E-state index contributed by atoms with van der Waals surface area (Å²) >= 11 is 5.98. The van der Waals surface area contributed by atoms with E-state index in [-0.39, 0.29) is 6.04 Å². The first-order valence-corrected chi connectivity index (χ1v) is 5.52. The summed E-state index contributed by atoms with van der Waals surface area (Å²) in [5.41, 5.74) is 8.49. The van der Waals surface area contributed by atoms with E-state index in [1.54, 1.807) is 0 Å². The molecule has 2 rings (SSSR count). The summed E-state index contributed by atoms with van der Waals surface area (Å²) in [6.07, 6.45) is 1.84. The molecule has 0 saturated heterocycles. The van der Waals surface area contributed by atoms with E-state index >= 15 is 0 Å². The summed E-state index contributed by atoms with van der Waals surface area (Å²) in [5.74, 6) is 0. The van der Waals surface area contributed by atoms with Crippen molar-refractivity contribution < 1.29 is 0 Å². The Morgan fingerprint density at radius 2 is 2.19 bits per heavy atom. The molecule has 0 aliphatic rings. The van der Waals surface area contributed by atoms with Crippen molar-refractivity contribution in [1.82, 2.24) is 9.78 Å². The molecule has 0 fully saturated rings. The fourth-order valence-corrected chi connectivity index (χ4v) is 1.77. The highest BCUT2D eigenvalue weighted by Crippen LogP contribution is 2.22. The minimum Gasteiger partial charge on any atom is -0.399 e. The Morgan fingerprint density at radius 1 is 1.44 bits per heavy atom. The van der Waals surface area contributed by atoms with Gasteiger partial charge in [-0.3, -0.25) is 4.68 Å². The second kappa shape index (κ2) is 4.18. The number of aromatic nitrogens is 2. The molecule has 4 heteroatoms. The third-order valence-corrected chi connectivity index (χ3v) is 3.02. The number of anilines is 1. The van der Waals surface area contributed by atoms with Crippen molar-refractivity contribution in [2.75, 3.05) is 5.73 Å². The van der Waals surface area contributed by atoms with Gasteiger partial charge < -0.3 is 5.73 Å². The highest BCUT2D eigenvalue weighted by molar-refractivity contribution is 6.31. The van der Waals surface area contributed by atoms with Gasteiger partial charge in [-0.15, -0.1) is 0 Å². The third-order valence-electron chi connectivity index (χ3n) is 2.65. The fourth-order valence-electron chi connectivity index (χ4n) is 1.63. The molecular weight excluding hydrogens is 222 g/mol. The van der Waals surface area contributed by atoms with Crippen LogP contribution in [0.15, 0.2) is 30.5 Å². The zero-order valence-electron chi connectivity index (χ0n) is 9.31. The number of hydrogen-bond acceptors (Lipinski definition) is 2. The van der Waals surface area contributed by atoms with Crippen molar-refractivity contribution in [3.05, 3.63) is 46.7 Å². The lowest BCUT2D eigenvalue weighted by molar-refractivity contribution is 0.561. The predicted molar refractivity (Wildman–Crippen MR) is 66.6 cm³/mol. The summed E-state index contributed by atoms with van der Waals surface area (Å²) in [5, 5.41) is 5.05. The molecule has 0 aliphatic carbocycles. The molecule has 0 spiro atoms. The van der Waals surface area contributed by atoms with E-state index in [1.165, 1.54) is 0 Å². The van der Waals surface area contributed by atoms with Crippen LogP contribution >= 0.6 is 11.6 Å². The molecule has 0 amide bonds. The monoisotopic (exact) mass is 235 g/mol. The quantitative estimate of drug-likeness (QED) is 0.814. The molecule has 0 radical (unpaired) electrons. The van der Waals surface area contributed by atoms with Crippen LogP contribution in [-0.4, -0.2) is 9.78 Å². The van der Waals surface area contributed by atoms with Crippen molar-refractivity contribution in [2.24, 2.45) is 0 Å². The zero-order valence-corrected chi connectivity index (χ0v) is 10.1. The van der Waals surface area contributed by atoms with Crippen molar-refractivity contribution >= 4 is 17.3 Å². The molecule has 2 aromatic rings.